The second kappa shape index (κ2) is 8.94. The van der Waals surface area contributed by atoms with E-state index in [2.05, 4.69) is 11.4 Å². The van der Waals surface area contributed by atoms with Crippen molar-refractivity contribution in [3.05, 3.63) is 87.5 Å². The molecule has 1 N–H and O–H groups in total. The molecule has 138 valence electrons. The Labute approximate surface area is 158 Å². The lowest BCUT2D eigenvalue weighted by Crippen LogP contribution is -2.27. The first-order chi connectivity index (χ1) is 13.1. The third-order valence-electron chi connectivity index (χ3n) is 4.58. The number of carbonyl (C=O) groups excluding carboxylic acids is 1. The normalized spacial score (nSPS) is 14.4. The van der Waals surface area contributed by atoms with E-state index in [0.717, 1.165) is 24.8 Å². The molecular formula is C22H22N2O3. The van der Waals surface area contributed by atoms with Crippen LogP contribution in [0.5, 0.6) is 0 Å². The van der Waals surface area contributed by atoms with Gasteiger partial charge in [0.05, 0.1) is 4.92 Å². The highest BCUT2D eigenvalue weighted by atomic mass is 16.6. The van der Waals surface area contributed by atoms with Crippen molar-refractivity contribution in [1.29, 1.82) is 0 Å². The average molecular weight is 362 g/mol. The lowest BCUT2D eigenvalue weighted by Gasteiger charge is -2.15. The molecule has 2 aromatic carbocycles. The Kier molecular flexibility index (Phi) is 6.15. The largest absolute Gasteiger partial charge is 0.348 e. The minimum atomic E-state index is -0.435. The molecule has 0 aliphatic heterocycles. The maximum atomic E-state index is 12.9. The Balaban J connectivity index is 1.87. The van der Waals surface area contributed by atoms with E-state index in [1.165, 1.54) is 24.1 Å². The number of hydrogen-bond acceptors (Lipinski definition) is 3. The number of hydrogen-bond donors (Lipinski definition) is 1. The molecule has 0 saturated carbocycles. The predicted molar refractivity (Wildman–Crippen MR) is 107 cm³/mol. The number of nitrogens with zero attached hydrogens (tertiary/aromatic N) is 1. The van der Waals surface area contributed by atoms with Crippen LogP contribution < -0.4 is 5.32 Å². The molecule has 0 aromatic heterocycles. The van der Waals surface area contributed by atoms with Crippen LogP contribution in [0.4, 0.5) is 5.69 Å². The lowest BCUT2D eigenvalue weighted by molar-refractivity contribution is -0.384. The molecule has 0 saturated heterocycles. The smallest absolute Gasteiger partial charge is 0.270 e. The van der Waals surface area contributed by atoms with Gasteiger partial charge in [-0.15, -0.1) is 0 Å². The number of non-ortho nitro benzene ring substituents is 1. The maximum Gasteiger partial charge on any atom is 0.270 e. The summed E-state index contributed by atoms with van der Waals surface area (Å²) < 4.78 is 0. The molecule has 27 heavy (non-hydrogen) atoms. The molecule has 1 aliphatic carbocycles. The standard InChI is InChI=1S/C22H22N2O3/c25-22(23-16-17-8-3-1-4-9-17)21(19-11-5-2-6-12-19)15-18-10-7-13-20(14-18)24(26)27/h2,5-8,10-15H,1,3-4,9,16H2,(H,23,25)/b21-15+. The highest BCUT2D eigenvalue weighted by molar-refractivity contribution is 6.24. The van der Waals surface area contributed by atoms with Crippen molar-refractivity contribution in [2.45, 2.75) is 25.7 Å². The van der Waals surface area contributed by atoms with E-state index in [1.807, 2.05) is 30.3 Å². The number of benzene rings is 2. The summed E-state index contributed by atoms with van der Waals surface area (Å²) in [7, 11) is 0. The first-order valence-electron chi connectivity index (χ1n) is 9.11. The van der Waals surface area contributed by atoms with Gasteiger partial charge in [0.1, 0.15) is 0 Å². The highest BCUT2D eigenvalue weighted by Gasteiger charge is 2.14. The Morgan fingerprint density at radius 1 is 1.11 bits per heavy atom. The first-order valence-corrected chi connectivity index (χ1v) is 9.11. The fraction of sp³-hybridized carbons (Fsp3) is 0.227. The third kappa shape index (κ3) is 5.14. The number of amides is 1. The number of nitrogens with one attached hydrogen (secondary N) is 1. The average Bonchev–Trinajstić information content (AvgIpc) is 2.72. The van der Waals surface area contributed by atoms with Crippen LogP contribution in [-0.4, -0.2) is 17.4 Å². The molecule has 3 rings (SSSR count). The van der Waals surface area contributed by atoms with Crippen molar-refractivity contribution < 1.29 is 9.72 Å². The van der Waals surface area contributed by atoms with E-state index in [9.17, 15) is 14.9 Å². The van der Waals surface area contributed by atoms with Crippen LogP contribution >= 0.6 is 0 Å². The molecular weight excluding hydrogens is 340 g/mol. The van der Waals surface area contributed by atoms with Crippen LogP contribution in [-0.2, 0) is 4.79 Å². The summed E-state index contributed by atoms with van der Waals surface area (Å²) in [6.07, 6.45) is 8.37. The van der Waals surface area contributed by atoms with Crippen molar-refractivity contribution >= 4 is 23.2 Å². The minimum absolute atomic E-state index is 0.00364. The summed E-state index contributed by atoms with van der Waals surface area (Å²) in [5, 5.41) is 14.0. The topological polar surface area (TPSA) is 72.2 Å². The third-order valence-corrected chi connectivity index (χ3v) is 4.58. The van der Waals surface area contributed by atoms with Crippen LogP contribution in [0.15, 0.2) is 66.2 Å². The summed E-state index contributed by atoms with van der Waals surface area (Å²) >= 11 is 0. The molecule has 2 aromatic rings. The second-order valence-electron chi connectivity index (χ2n) is 6.57. The molecule has 0 radical (unpaired) electrons. The van der Waals surface area contributed by atoms with E-state index >= 15 is 0 Å². The van der Waals surface area contributed by atoms with Crippen molar-refractivity contribution in [3.8, 4) is 0 Å². The number of rotatable bonds is 6. The fourth-order valence-corrected chi connectivity index (χ4v) is 3.15. The molecule has 5 heteroatoms. The van der Waals surface area contributed by atoms with E-state index < -0.39 is 4.92 Å². The summed E-state index contributed by atoms with van der Waals surface area (Å²) in [5.41, 5.74) is 3.16. The van der Waals surface area contributed by atoms with Crippen molar-refractivity contribution in [1.82, 2.24) is 5.32 Å². The van der Waals surface area contributed by atoms with Gasteiger partial charge in [-0.25, -0.2) is 0 Å². The Morgan fingerprint density at radius 3 is 2.63 bits per heavy atom. The number of allylic oxidation sites excluding steroid dienone is 1. The first kappa shape index (κ1) is 18.6. The predicted octanol–water partition coefficient (Wildman–Crippen LogP) is 4.75. The van der Waals surface area contributed by atoms with Gasteiger partial charge in [0.15, 0.2) is 0 Å². The lowest BCUT2D eigenvalue weighted by atomic mass is 9.99. The van der Waals surface area contributed by atoms with E-state index in [1.54, 1.807) is 18.2 Å². The van der Waals surface area contributed by atoms with Crippen LogP contribution in [0.3, 0.4) is 0 Å². The van der Waals surface area contributed by atoms with Gasteiger partial charge >= 0.3 is 0 Å². The van der Waals surface area contributed by atoms with Crippen LogP contribution in [0, 0.1) is 10.1 Å². The van der Waals surface area contributed by atoms with E-state index in [4.69, 9.17) is 0 Å². The molecule has 1 aliphatic rings. The second-order valence-corrected chi connectivity index (χ2v) is 6.57. The zero-order valence-corrected chi connectivity index (χ0v) is 15.1. The molecule has 0 spiro atoms. The number of nitro benzene ring substituents is 1. The molecule has 0 bridgehead atoms. The van der Waals surface area contributed by atoms with E-state index in [0.29, 0.717) is 17.7 Å². The van der Waals surface area contributed by atoms with Gasteiger partial charge in [-0.1, -0.05) is 54.1 Å². The van der Waals surface area contributed by atoms with Gasteiger partial charge in [0.25, 0.3) is 11.6 Å². The van der Waals surface area contributed by atoms with Gasteiger partial charge in [0.2, 0.25) is 0 Å². The number of nitro groups is 1. The Morgan fingerprint density at radius 2 is 1.93 bits per heavy atom. The van der Waals surface area contributed by atoms with Crippen LogP contribution in [0.1, 0.15) is 36.8 Å². The van der Waals surface area contributed by atoms with Gasteiger partial charge in [-0.05, 0) is 42.9 Å². The Bertz CT molecular complexity index is 885. The van der Waals surface area contributed by atoms with Gasteiger partial charge in [0, 0.05) is 24.3 Å². The fourth-order valence-electron chi connectivity index (χ4n) is 3.15. The van der Waals surface area contributed by atoms with Crippen molar-refractivity contribution in [2.24, 2.45) is 0 Å². The maximum absolute atomic E-state index is 12.9. The minimum Gasteiger partial charge on any atom is -0.348 e. The van der Waals surface area contributed by atoms with Crippen molar-refractivity contribution in [2.75, 3.05) is 6.54 Å². The molecule has 1 amide bonds. The van der Waals surface area contributed by atoms with E-state index in [-0.39, 0.29) is 11.6 Å². The molecule has 0 heterocycles. The molecule has 0 atom stereocenters. The monoisotopic (exact) mass is 362 g/mol. The number of carbonyl (C=O) groups is 1. The van der Waals surface area contributed by atoms with Crippen LogP contribution in [0.25, 0.3) is 11.6 Å². The van der Waals surface area contributed by atoms with Gasteiger partial charge < -0.3 is 5.32 Å². The summed E-state index contributed by atoms with van der Waals surface area (Å²) in [6.45, 7) is 0.540. The SMILES string of the molecule is O=C(NCC1=CCCCC1)/C(=C/c1cccc([N+](=O)[O-])c1)c1ccccc1. The van der Waals surface area contributed by atoms with Gasteiger partial charge in [-0.2, -0.15) is 0 Å². The summed E-state index contributed by atoms with van der Waals surface area (Å²) in [6, 6.07) is 15.6. The summed E-state index contributed by atoms with van der Waals surface area (Å²) in [4.78, 5) is 23.5. The summed E-state index contributed by atoms with van der Waals surface area (Å²) in [5.74, 6) is -0.181. The van der Waals surface area contributed by atoms with Crippen LogP contribution in [0.2, 0.25) is 0 Å². The molecule has 0 fully saturated rings. The van der Waals surface area contributed by atoms with Crippen molar-refractivity contribution in [3.63, 3.8) is 0 Å². The van der Waals surface area contributed by atoms with Gasteiger partial charge in [-0.3, -0.25) is 14.9 Å². The molecule has 0 unspecified atom stereocenters. The molecule has 5 nitrogen and oxygen atoms in total. The Hall–Kier alpha value is -3.21. The zero-order chi connectivity index (χ0) is 19.1. The quantitative estimate of drug-likeness (QED) is 0.265. The highest BCUT2D eigenvalue weighted by Crippen LogP contribution is 2.22. The zero-order valence-electron chi connectivity index (χ0n) is 15.1.